The van der Waals surface area contributed by atoms with E-state index in [1.807, 2.05) is 18.4 Å². The van der Waals surface area contributed by atoms with Crippen molar-refractivity contribution in [3.63, 3.8) is 0 Å². The monoisotopic (exact) mass is 280 g/mol. The molecule has 0 aromatic carbocycles. The number of nitrogens with one attached hydrogen (secondary N) is 2. The number of aryl methyl sites for hydroxylation is 1. The SMILES string of the molecule is Cc1occc1C(=O)NCc1n[nH]c(=S)n1C(C)C. The quantitative estimate of drug-likeness (QED) is 0.843. The Labute approximate surface area is 115 Å². The average molecular weight is 280 g/mol. The molecule has 0 atom stereocenters. The number of hydrogen-bond donors (Lipinski definition) is 2. The van der Waals surface area contributed by atoms with E-state index in [1.54, 1.807) is 13.0 Å². The smallest absolute Gasteiger partial charge is 0.255 e. The molecule has 2 rings (SSSR count). The van der Waals surface area contributed by atoms with Crippen molar-refractivity contribution in [1.29, 1.82) is 0 Å². The number of hydrogen-bond acceptors (Lipinski definition) is 4. The molecule has 19 heavy (non-hydrogen) atoms. The number of carbonyl (C=O) groups excluding carboxylic acids is 1. The van der Waals surface area contributed by atoms with E-state index in [2.05, 4.69) is 15.5 Å². The van der Waals surface area contributed by atoms with Crippen LogP contribution in [-0.4, -0.2) is 20.7 Å². The molecule has 2 aromatic heterocycles. The van der Waals surface area contributed by atoms with Crippen LogP contribution in [-0.2, 0) is 6.54 Å². The predicted octanol–water partition coefficient (Wildman–Crippen LogP) is 2.35. The first-order chi connectivity index (χ1) is 9.00. The van der Waals surface area contributed by atoms with E-state index in [0.717, 1.165) is 0 Å². The highest BCUT2D eigenvalue weighted by molar-refractivity contribution is 7.71. The third-order valence-electron chi connectivity index (χ3n) is 2.80. The minimum atomic E-state index is -0.185. The summed E-state index contributed by atoms with van der Waals surface area (Å²) in [4.78, 5) is 11.9. The topological polar surface area (TPSA) is 75.8 Å². The third-order valence-corrected chi connectivity index (χ3v) is 3.09. The van der Waals surface area contributed by atoms with Crippen LogP contribution in [0.3, 0.4) is 0 Å². The van der Waals surface area contributed by atoms with Crippen molar-refractivity contribution in [1.82, 2.24) is 20.1 Å². The Kier molecular flexibility index (Phi) is 3.84. The van der Waals surface area contributed by atoms with E-state index < -0.39 is 0 Å². The molecule has 0 spiro atoms. The van der Waals surface area contributed by atoms with Gasteiger partial charge in [0.1, 0.15) is 5.76 Å². The molecule has 0 aliphatic carbocycles. The van der Waals surface area contributed by atoms with Crippen LogP contribution in [0, 0.1) is 11.7 Å². The molecule has 0 fully saturated rings. The third kappa shape index (κ3) is 2.76. The highest BCUT2D eigenvalue weighted by atomic mass is 32.1. The summed E-state index contributed by atoms with van der Waals surface area (Å²) in [6.07, 6.45) is 1.49. The average Bonchev–Trinajstić information content (AvgIpc) is 2.92. The molecule has 2 aromatic rings. The molecule has 6 nitrogen and oxygen atoms in total. The molecule has 1 amide bonds. The normalized spacial score (nSPS) is 10.9. The molecule has 2 heterocycles. The van der Waals surface area contributed by atoms with Gasteiger partial charge in [-0.2, -0.15) is 5.10 Å². The van der Waals surface area contributed by atoms with Crippen molar-refractivity contribution in [2.75, 3.05) is 0 Å². The molecule has 0 bridgehead atoms. The fraction of sp³-hybridized carbons (Fsp3) is 0.417. The van der Waals surface area contributed by atoms with Crippen LogP contribution in [0.4, 0.5) is 0 Å². The van der Waals surface area contributed by atoms with Crippen molar-refractivity contribution in [3.05, 3.63) is 34.2 Å². The maximum atomic E-state index is 11.9. The van der Waals surface area contributed by atoms with Gasteiger partial charge in [-0.05, 0) is 39.1 Å². The Morgan fingerprint density at radius 3 is 2.95 bits per heavy atom. The van der Waals surface area contributed by atoms with Crippen molar-refractivity contribution < 1.29 is 9.21 Å². The first-order valence-corrected chi connectivity index (χ1v) is 6.39. The fourth-order valence-corrected chi connectivity index (χ4v) is 2.23. The molecule has 0 saturated heterocycles. The predicted molar refractivity (Wildman–Crippen MR) is 72.4 cm³/mol. The number of carbonyl (C=O) groups is 1. The lowest BCUT2D eigenvalue weighted by atomic mass is 10.2. The first-order valence-electron chi connectivity index (χ1n) is 5.98. The second kappa shape index (κ2) is 5.40. The standard InChI is InChI=1S/C12H16N4O2S/c1-7(2)16-10(14-15-12(16)19)6-13-11(17)9-4-5-18-8(9)3/h4-5,7H,6H2,1-3H3,(H,13,17)(H,15,19). The van der Waals surface area contributed by atoms with Crippen LogP contribution >= 0.6 is 12.2 Å². The number of rotatable bonds is 4. The molecule has 2 N–H and O–H groups in total. The first kappa shape index (κ1) is 13.5. The van der Waals surface area contributed by atoms with Gasteiger partial charge in [0.25, 0.3) is 5.91 Å². The summed E-state index contributed by atoms with van der Waals surface area (Å²) in [5, 5.41) is 9.66. The van der Waals surface area contributed by atoms with E-state index in [1.165, 1.54) is 6.26 Å². The molecular weight excluding hydrogens is 264 g/mol. The molecule has 102 valence electrons. The second-order valence-corrected chi connectivity index (χ2v) is 4.87. The van der Waals surface area contributed by atoms with Crippen LogP contribution < -0.4 is 5.32 Å². The number of H-pyrrole nitrogens is 1. The van der Waals surface area contributed by atoms with Crippen LogP contribution in [0.25, 0.3) is 0 Å². The van der Waals surface area contributed by atoms with Crippen LogP contribution in [0.2, 0.25) is 0 Å². The molecule has 0 radical (unpaired) electrons. The Bertz CT molecular complexity index is 638. The van der Waals surface area contributed by atoms with Gasteiger partial charge in [-0.15, -0.1) is 0 Å². The number of nitrogens with zero attached hydrogens (tertiary/aromatic N) is 2. The molecule has 0 aliphatic heterocycles. The Morgan fingerprint density at radius 2 is 2.37 bits per heavy atom. The second-order valence-electron chi connectivity index (χ2n) is 4.48. The van der Waals surface area contributed by atoms with Gasteiger partial charge in [0, 0.05) is 6.04 Å². The van der Waals surface area contributed by atoms with Crippen molar-refractivity contribution >= 4 is 18.1 Å². The summed E-state index contributed by atoms with van der Waals surface area (Å²) in [6.45, 7) is 6.08. The summed E-state index contributed by atoms with van der Waals surface area (Å²) in [7, 11) is 0. The number of amides is 1. The Hall–Kier alpha value is -1.89. The Balaban J connectivity index is 2.10. The fourth-order valence-electron chi connectivity index (χ4n) is 1.87. The van der Waals surface area contributed by atoms with Crippen LogP contribution in [0.1, 0.15) is 41.8 Å². The zero-order valence-electron chi connectivity index (χ0n) is 11.1. The summed E-state index contributed by atoms with van der Waals surface area (Å²) in [5.41, 5.74) is 0.533. The van der Waals surface area contributed by atoms with E-state index in [9.17, 15) is 4.79 Å². The maximum absolute atomic E-state index is 11.9. The van der Waals surface area contributed by atoms with Gasteiger partial charge >= 0.3 is 0 Å². The van der Waals surface area contributed by atoms with Crippen molar-refractivity contribution in [2.24, 2.45) is 0 Å². The van der Waals surface area contributed by atoms with Crippen molar-refractivity contribution in [3.8, 4) is 0 Å². The van der Waals surface area contributed by atoms with Crippen molar-refractivity contribution in [2.45, 2.75) is 33.4 Å². The van der Waals surface area contributed by atoms with Gasteiger partial charge in [0.15, 0.2) is 10.6 Å². The summed E-state index contributed by atoms with van der Waals surface area (Å²) in [5.74, 6) is 1.12. The minimum absolute atomic E-state index is 0.185. The summed E-state index contributed by atoms with van der Waals surface area (Å²) in [6, 6.07) is 1.83. The summed E-state index contributed by atoms with van der Waals surface area (Å²) >= 11 is 5.15. The van der Waals surface area contributed by atoms with E-state index in [4.69, 9.17) is 16.6 Å². The molecule has 0 unspecified atom stereocenters. The van der Waals surface area contributed by atoms with Gasteiger partial charge in [0.2, 0.25) is 0 Å². The number of aromatic nitrogens is 3. The zero-order chi connectivity index (χ0) is 14.0. The van der Waals surface area contributed by atoms with Crippen LogP contribution in [0.15, 0.2) is 16.7 Å². The lowest BCUT2D eigenvalue weighted by Crippen LogP contribution is -2.25. The molecule has 0 aliphatic rings. The molecule has 0 saturated carbocycles. The largest absolute Gasteiger partial charge is 0.469 e. The van der Waals surface area contributed by atoms with Gasteiger partial charge < -0.3 is 14.3 Å². The van der Waals surface area contributed by atoms with Gasteiger partial charge in [-0.1, -0.05) is 0 Å². The highest BCUT2D eigenvalue weighted by Crippen LogP contribution is 2.10. The zero-order valence-corrected chi connectivity index (χ0v) is 11.9. The van der Waals surface area contributed by atoms with Gasteiger partial charge in [-0.25, -0.2) is 0 Å². The molecule has 7 heteroatoms. The Morgan fingerprint density at radius 1 is 1.63 bits per heavy atom. The number of furan rings is 1. The molecular formula is C12H16N4O2S. The summed E-state index contributed by atoms with van der Waals surface area (Å²) < 4.78 is 7.53. The van der Waals surface area contributed by atoms with Crippen LogP contribution in [0.5, 0.6) is 0 Å². The minimum Gasteiger partial charge on any atom is -0.469 e. The maximum Gasteiger partial charge on any atom is 0.255 e. The number of aromatic amines is 1. The lowest BCUT2D eigenvalue weighted by molar-refractivity contribution is 0.0947. The lowest BCUT2D eigenvalue weighted by Gasteiger charge is -2.10. The van der Waals surface area contributed by atoms with Gasteiger partial charge in [0.05, 0.1) is 18.4 Å². The van der Waals surface area contributed by atoms with Gasteiger partial charge in [-0.3, -0.25) is 9.89 Å². The van der Waals surface area contributed by atoms with E-state index >= 15 is 0 Å². The highest BCUT2D eigenvalue weighted by Gasteiger charge is 2.14. The van der Waals surface area contributed by atoms with E-state index in [0.29, 0.717) is 28.5 Å². The van der Waals surface area contributed by atoms with E-state index in [-0.39, 0.29) is 11.9 Å².